The predicted molar refractivity (Wildman–Crippen MR) is 38.3 cm³/mol. The quantitative estimate of drug-likeness (QED) is 0.483. The Kier molecular flexibility index (Phi) is 1.07. The summed E-state index contributed by atoms with van der Waals surface area (Å²) >= 11 is 2.23. The summed E-state index contributed by atoms with van der Waals surface area (Å²) in [5, 5.41) is 0. The Morgan fingerprint density at radius 2 is 1.75 bits per heavy atom. The van der Waals surface area contributed by atoms with Gasteiger partial charge in [-0.2, -0.15) is 11.8 Å². The zero-order valence-electron chi connectivity index (χ0n) is 5.15. The number of hydrogen-bond acceptors (Lipinski definition) is 1. The van der Waals surface area contributed by atoms with Crippen LogP contribution in [0.1, 0.15) is 32.1 Å². The van der Waals surface area contributed by atoms with Gasteiger partial charge in [0.05, 0.1) is 0 Å². The lowest BCUT2D eigenvalue weighted by atomic mass is 9.81. The number of rotatable bonds is 0. The fourth-order valence-corrected chi connectivity index (χ4v) is 3.31. The summed E-state index contributed by atoms with van der Waals surface area (Å²) in [6.45, 7) is 0. The highest BCUT2D eigenvalue weighted by atomic mass is 32.2. The van der Waals surface area contributed by atoms with Crippen LogP contribution in [0.5, 0.6) is 0 Å². The van der Waals surface area contributed by atoms with Crippen LogP contribution in [-0.4, -0.2) is 10.5 Å². The van der Waals surface area contributed by atoms with E-state index in [0.717, 1.165) is 4.75 Å². The maximum atomic E-state index is 2.23. The van der Waals surface area contributed by atoms with Gasteiger partial charge in [-0.3, -0.25) is 0 Å². The van der Waals surface area contributed by atoms with E-state index < -0.39 is 0 Å². The van der Waals surface area contributed by atoms with Crippen molar-refractivity contribution in [2.75, 3.05) is 5.75 Å². The topological polar surface area (TPSA) is 0 Å². The van der Waals surface area contributed by atoms with Crippen LogP contribution in [0.3, 0.4) is 0 Å². The van der Waals surface area contributed by atoms with E-state index in [1.165, 1.54) is 37.9 Å². The molecule has 1 heterocycles. The molecule has 0 aromatic carbocycles. The van der Waals surface area contributed by atoms with Crippen LogP contribution in [0.15, 0.2) is 0 Å². The van der Waals surface area contributed by atoms with E-state index in [1.54, 1.807) is 0 Å². The van der Waals surface area contributed by atoms with Crippen molar-refractivity contribution >= 4 is 11.8 Å². The molecule has 0 aromatic rings. The molecule has 46 valence electrons. The van der Waals surface area contributed by atoms with E-state index in [9.17, 15) is 0 Å². The highest BCUT2D eigenvalue weighted by Gasteiger charge is 2.39. The molecule has 1 aliphatic carbocycles. The van der Waals surface area contributed by atoms with Gasteiger partial charge >= 0.3 is 0 Å². The first-order valence-electron chi connectivity index (χ1n) is 3.55. The maximum Gasteiger partial charge on any atom is 0.0160 e. The Morgan fingerprint density at radius 3 is 2.00 bits per heavy atom. The third-order valence-corrected chi connectivity index (χ3v) is 4.17. The van der Waals surface area contributed by atoms with Crippen molar-refractivity contribution < 1.29 is 0 Å². The van der Waals surface area contributed by atoms with Gasteiger partial charge in [-0.15, -0.1) is 0 Å². The Balaban J connectivity index is 2.01. The van der Waals surface area contributed by atoms with E-state index in [4.69, 9.17) is 0 Å². The summed E-state index contributed by atoms with van der Waals surface area (Å²) in [6.07, 6.45) is 7.57. The fraction of sp³-hybridized carbons (Fsp3) is 1.00. The first kappa shape index (κ1) is 5.16. The molecular weight excluding hydrogens is 116 g/mol. The minimum absolute atomic E-state index is 0.833. The number of thioether (sulfide) groups is 1. The molecule has 1 saturated carbocycles. The minimum Gasteiger partial charge on any atom is -0.155 e. The third-order valence-electron chi connectivity index (χ3n) is 2.45. The molecular formula is C7H12S. The second kappa shape index (κ2) is 1.66. The summed E-state index contributed by atoms with van der Waals surface area (Å²) < 4.78 is 0.833. The molecule has 0 aromatic heterocycles. The van der Waals surface area contributed by atoms with Gasteiger partial charge in [-0.1, -0.05) is 6.42 Å². The summed E-state index contributed by atoms with van der Waals surface area (Å²) in [7, 11) is 0. The molecule has 2 fully saturated rings. The van der Waals surface area contributed by atoms with E-state index in [-0.39, 0.29) is 0 Å². The summed E-state index contributed by atoms with van der Waals surface area (Å²) in [5.41, 5.74) is 0. The Bertz CT molecular complexity index is 86.6. The van der Waals surface area contributed by atoms with Gasteiger partial charge in [0, 0.05) is 4.75 Å². The normalized spacial score (nSPS) is 33.0. The lowest BCUT2D eigenvalue weighted by molar-refractivity contribution is 0.353. The maximum absolute atomic E-state index is 2.23. The summed E-state index contributed by atoms with van der Waals surface area (Å²) in [4.78, 5) is 0. The SMILES string of the molecule is C1CSC2(C1)CCC2. The summed E-state index contributed by atoms with van der Waals surface area (Å²) in [6, 6.07) is 0. The van der Waals surface area contributed by atoms with Crippen LogP contribution in [-0.2, 0) is 0 Å². The molecule has 0 atom stereocenters. The molecule has 1 spiro atoms. The molecule has 0 bridgehead atoms. The molecule has 2 aliphatic rings. The second-order valence-corrected chi connectivity index (χ2v) is 4.55. The van der Waals surface area contributed by atoms with Crippen molar-refractivity contribution in [2.45, 2.75) is 36.9 Å². The van der Waals surface area contributed by atoms with Gasteiger partial charge in [0.1, 0.15) is 0 Å². The summed E-state index contributed by atoms with van der Waals surface area (Å²) in [5.74, 6) is 1.44. The van der Waals surface area contributed by atoms with E-state index in [0.29, 0.717) is 0 Å². The van der Waals surface area contributed by atoms with Crippen LogP contribution < -0.4 is 0 Å². The lowest BCUT2D eigenvalue weighted by Gasteiger charge is -2.36. The second-order valence-electron chi connectivity index (χ2n) is 2.99. The van der Waals surface area contributed by atoms with E-state index in [2.05, 4.69) is 11.8 Å². The van der Waals surface area contributed by atoms with Gasteiger partial charge in [-0.25, -0.2) is 0 Å². The standard InChI is InChI=1S/C7H12S/c1-3-7(4-1)5-2-6-8-7/h1-6H2. The Labute approximate surface area is 55.0 Å². The molecule has 0 nitrogen and oxygen atoms in total. The largest absolute Gasteiger partial charge is 0.155 e. The fourth-order valence-electron chi connectivity index (χ4n) is 1.72. The van der Waals surface area contributed by atoms with Crippen LogP contribution >= 0.6 is 11.8 Å². The predicted octanol–water partition coefficient (Wildman–Crippen LogP) is 2.44. The van der Waals surface area contributed by atoms with E-state index >= 15 is 0 Å². The van der Waals surface area contributed by atoms with Gasteiger partial charge in [0.15, 0.2) is 0 Å². The zero-order valence-corrected chi connectivity index (χ0v) is 5.97. The van der Waals surface area contributed by atoms with Crippen molar-refractivity contribution in [1.29, 1.82) is 0 Å². The van der Waals surface area contributed by atoms with Crippen LogP contribution in [0.2, 0.25) is 0 Å². The van der Waals surface area contributed by atoms with Crippen molar-refractivity contribution in [3.63, 3.8) is 0 Å². The monoisotopic (exact) mass is 128 g/mol. The smallest absolute Gasteiger partial charge is 0.0160 e. The van der Waals surface area contributed by atoms with Crippen LogP contribution in [0.4, 0.5) is 0 Å². The third kappa shape index (κ3) is 0.604. The van der Waals surface area contributed by atoms with Crippen molar-refractivity contribution in [3.05, 3.63) is 0 Å². The average Bonchev–Trinajstić information content (AvgIpc) is 2.07. The van der Waals surface area contributed by atoms with Crippen molar-refractivity contribution in [2.24, 2.45) is 0 Å². The lowest BCUT2D eigenvalue weighted by Crippen LogP contribution is -2.29. The highest BCUT2D eigenvalue weighted by Crippen LogP contribution is 2.51. The van der Waals surface area contributed by atoms with Gasteiger partial charge in [-0.05, 0) is 31.4 Å². The first-order valence-corrected chi connectivity index (χ1v) is 4.54. The van der Waals surface area contributed by atoms with Crippen molar-refractivity contribution in [3.8, 4) is 0 Å². The van der Waals surface area contributed by atoms with Gasteiger partial charge in [0.25, 0.3) is 0 Å². The molecule has 1 aliphatic heterocycles. The molecule has 0 N–H and O–H groups in total. The average molecular weight is 128 g/mol. The van der Waals surface area contributed by atoms with Crippen LogP contribution in [0.25, 0.3) is 0 Å². The molecule has 1 heteroatoms. The molecule has 0 amide bonds. The van der Waals surface area contributed by atoms with E-state index in [1.807, 2.05) is 0 Å². The molecule has 8 heavy (non-hydrogen) atoms. The zero-order chi connectivity index (χ0) is 5.45. The highest BCUT2D eigenvalue weighted by molar-refractivity contribution is 8.00. The van der Waals surface area contributed by atoms with Gasteiger partial charge in [0.2, 0.25) is 0 Å². The Hall–Kier alpha value is 0.350. The van der Waals surface area contributed by atoms with Crippen LogP contribution in [0, 0.1) is 0 Å². The molecule has 0 unspecified atom stereocenters. The van der Waals surface area contributed by atoms with Gasteiger partial charge < -0.3 is 0 Å². The molecule has 0 radical (unpaired) electrons. The minimum atomic E-state index is 0.833. The number of hydrogen-bond donors (Lipinski definition) is 0. The molecule has 2 rings (SSSR count). The Morgan fingerprint density at radius 1 is 1.00 bits per heavy atom. The first-order chi connectivity index (χ1) is 3.91. The molecule has 1 saturated heterocycles. The van der Waals surface area contributed by atoms with Crippen molar-refractivity contribution in [1.82, 2.24) is 0 Å².